The van der Waals surface area contributed by atoms with Gasteiger partial charge in [0.2, 0.25) is 0 Å². The van der Waals surface area contributed by atoms with Crippen molar-refractivity contribution in [3.05, 3.63) is 58.5 Å². The van der Waals surface area contributed by atoms with Crippen molar-refractivity contribution in [2.75, 3.05) is 7.11 Å². The summed E-state index contributed by atoms with van der Waals surface area (Å²) in [5, 5.41) is 14.1. The van der Waals surface area contributed by atoms with Gasteiger partial charge in [0.25, 0.3) is 0 Å². The second-order valence-electron chi connectivity index (χ2n) is 10.9. The Hall–Kier alpha value is -2.82. The van der Waals surface area contributed by atoms with Crippen LogP contribution in [-0.4, -0.2) is 23.8 Å². The van der Waals surface area contributed by atoms with Gasteiger partial charge in [-0.2, -0.15) is 0 Å². The first-order valence-electron chi connectivity index (χ1n) is 11.3. The SMILES string of the molecule is C=CCc1cc(C2C3=C(CC(C)(C)CC3=O)NC3=C2C(=O)CC(C)(C)C3)cc(OC)c1O. The zero-order chi connectivity index (χ0) is 23.4. The molecule has 5 heteroatoms. The van der Waals surface area contributed by atoms with Gasteiger partial charge < -0.3 is 15.2 Å². The average Bonchev–Trinajstić information content (AvgIpc) is 2.66. The van der Waals surface area contributed by atoms with E-state index in [0.29, 0.717) is 41.7 Å². The van der Waals surface area contributed by atoms with Gasteiger partial charge in [0.05, 0.1) is 7.11 Å². The zero-order valence-corrected chi connectivity index (χ0v) is 19.7. The third kappa shape index (κ3) is 3.78. The van der Waals surface area contributed by atoms with E-state index in [9.17, 15) is 14.7 Å². The number of nitrogens with one attached hydrogen (secondary N) is 1. The summed E-state index contributed by atoms with van der Waals surface area (Å²) in [4.78, 5) is 26.9. The number of phenolic OH excluding ortho intramolecular Hbond substituents is 1. The molecule has 0 spiro atoms. The minimum atomic E-state index is -0.452. The van der Waals surface area contributed by atoms with Crippen LogP contribution in [0, 0.1) is 10.8 Å². The molecule has 2 aliphatic carbocycles. The fourth-order valence-electron chi connectivity index (χ4n) is 5.54. The minimum absolute atomic E-state index is 0.0701. The molecule has 0 fully saturated rings. The van der Waals surface area contributed by atoms with Crippen LogP contribution in [0.25, 0.3) is 0 Å². The van der Waals surface area contributed by atoms with Gasteiger partial charge in [0.15, 0.2) is 23.1 Å². The number of aromatic hydroxyl groups is 1. The molecule has 1 heterocycles. The maximum Gasteiger partial charge on any atom is 0.162 e. The van der Waals surface area contributed by atoms with Crippen LogP contribution in [0.1, 0.15) is 70.4 Å². The average molecular weight is 436 g/mol. The summed E-state index contributed by atoms with van der Waals surface area (Å²) in [5.41, 5.74) is 4.43. The Morgan fingerprint density at radius 1 is 1.03 bits per heavy atom. The summed E-state index contributed by atoms with van der Waals surface area (Å²) in [6.45, 7) is 12.2. The van der Waals surface area contributed by atoms with E-state index in [1.165, 1.54) is 7.11 Å². The number of hydrogen-bond donors (Lipinski definition) is 2. The van der Waals surface area contributed by atoms with Crippen molar-refractivity contribution in [1.29, 1.82) is 0 Å². The predicted molar refractivity (Wildman–Crippen MR) is 125 cm³/mol. The summed E-state index contributed by atoms with van der Waals surface area (Å²) in [6, 6.07) is 3.66. The van der Waals surface area contributed by atoms with Gasteiger partial charge >= 0.3 is 0 Å². The molecule has 0 radical (unpaired) electrons. The highest BCUT2D eigenvalue weighted by atomic mass is 16.5. The number of carbonyl (C=O) groups excluding carboxylic acids is 2. The van der Waals surface area contributed by atoms with E-state index < -0.39 is 5.92 Å². The van der Waals surface area contributed by atoms with Gasteiger partial charge in [0.1, 0.15) is 0 Å². The Labute approximate surface area is 190 Å². The van der Waals surface area contributed by atoms with Crippen molar-refractivity contribution in [2.45, 2.75) is 65.7 Å². The van der Waals surface area contributed by atoms with Crippen LogP contribution in [0.5, 0.6) is 11.5 Å². The topological polar surface area (TPSA) is 75.6 Å². The first kappa shape index (κ1) is 22.4. The highest BCUT2D eigenvalue weighted by molar-refractivity contribution is 6.06. The molecule has 0 aromatic heterocycles. The maximum absolute atomic E-state index is 13.4. The van der Waals surface area contributed by atoms with Crippen molar-refractivity contribution in [3.63, 3.8) is 0 Å². The number of hydrogen-bond acceptors (Lipinski definition) is 5. The number of benzene rings is 1. The monoisotopic (exact) mass is 435 g/mol. The molecule has 0 unspecified atom stereocenters. The molecule has 3 aliphatic rings. The number of carbonyl (C=O) groups is 2. The van der Waals surface area contributed by atoms with E-state index in [0.717, 1.165) is 29.8 Å². The third-order valence-corrected chi connectivity index (χ3v) is 6.81. The van der Waals surface area contributed by atoms with E-state index in [-0.39, 0.29) is 28.1 Å². The predicted octanol–water partition coefficient (Wildman–Crippen LogP) is 5.10. The van der Waals surface area contributed by atoms with Crippen molar-refractivity contribution in [2.24, 2.45) is 10.8 Å². The summed E-state index contributed by atoms with van der Waals surface area (Å²) >= 11 is 0. The molecule has 1 aliphatic heterocycles. The molecule has 32 heavy (non-hydrogen) atoms. The largest absolute Gasteiger partial charge is 0.504 e. The van der Waals surface area contributed by atoms with Crippen LogP contribution >= 0.6 is 0 Å². The third-order valence-electron chi connectivity index (χ3n) is 6.81. The lowest BCUT2D eigenvalue weighted by molar-refractivity contribution is -0.119. The van der Waals surface area contributed by atoms with E-state index in [1.54, 1.807) is 12.1 Å². The van der Waals surface area contributed by atoms with E-state index in [4.69, 9.17) is 4.74 Å². The quantitative estimate of drug-likeness (QED) is 0.644. The first-order valence-corrected chi connectivity index (χ1v) is 11.3. The number of methoxy groups -OCH3 is 1. The molecular weight excluding hydrogens is 402 g/mol. The highest BCUT2D eigenvalue weighted by Crippen LogP contribution is 2.52. The van der Waals surface area contributed by atoms with Gasteiger partial charge in [-0.3, -0.25) is 9.59 Å². The Balaban J connectivity index is 1.97. The molecular formula is C27H33NO4. The van der Waals surface area contributed by atoms with Crippen molar-refractivity contribution in [3.8, 4) is 11.5 Å². The summed E-state index contributed by atoms with van der Waals surface area (Å²) in [5.74, 6) is 0.118. The Morgan fingerprint density at radius 2 is 1.56 bits per heavy atom. The lowest BCUT2D eigenvalue weighted by atomic mass is 9.64. The van der Waals surface area contributed by atoms with Gasteiger partial charge in [-0.05, 0) is 41.7 Å². The number of Topliss-reactive ketones (excluding diaryl/α,β-unsaturated/α-hetero) is 2. The van der Waals surface area contributed by atoms with Gasteiger partial charge in [-0.15, -0.1) is 6.58 Å². The number of phenols is 1. The second kappa shape index (κ2) is 7.65. The number of ketones is 2. The van der Waals surface area contributed by atoms with Crippen molar-refractivity contribution >= 4 is 11.6 Å². The summed E-state index contributed by atoms with van der Waals surface area (Å²) < 4.78 is 5.45. The molecule has 0 amide bonds. The summed E-state index contributed by atoms with van der Waals surface area (Å²) in [6.07, 6.45) is 4.58. The fraction of sp³-hybridized carbons (Fsp3) is 0.481. The molecule has 0 bridgehead atoms. The fourth-order valence-corrected chi connectivity index (χ4v) is 5.54. The van der Waals surface area contributed by atoms with Crippen LogP contribution in [0.2, 0.25) is 0 Å². The number of rotatable bonds is 4. The Bertz CT molecular complexity index is 1040. The molecule has 5 nitrogen and oxygen atoms in total. The standard InChI is InChI=1S/C27H33NO4/c1-7-8-15-9-16(10-21(32-6)25(15)31)22-23-17(11-26(2,3)13-19(23)29)28-18-12-27(4,5)14-20(30)24(18)22/h7,9-10,22,28,31H,1,8,11-14H2,2-6H3. The molecule has 0 atom stereocenters. The van der Waals surface area contributed by atoms with E-state index in [2.05, 4.69) is 39.6 Å². The van der Waals surface area contributed by atoms with Gasteiger partial charge in [0, 0.05) is 46.9 Å². The molecule has 0 saturated carbocycles. The molecule has 1 aromatic carbocycles. The maximum atomic E-state index is 13.4. The van der Waals surface area contributed by atoms with Crippen LogP contribution < -0.4 is 10.1 Å². The second-order valence-corrected chi connectivity index (χ2v) is 10.9. The Morgan fingerprint density at radius 3 is 2.03 bits per heavy atom. The van der Waals surface area contributed by atoms with Crippen LogP contribution in [0.4, 0.5) is 0 Å². The normalized spacial score (nSPS) is 22.3. The number of ether oxygens (including phenoxy) is 1. The molecule has 1 aromatic rings. The van der Waals surface area contributed by atoms with E-state index >= 15 is 0 Å². The smallest absolute Gasteiger partial charge is 0.162 e. The van der Waals surface area contributed by atoms with Crippen LogP contribution in [0.3, 0.4) is 0 Å². The highest BCUT2D eigenvalue weighted by Gasteiger charge is 2.46. The van der Waals surface area contributed by atoms with Crippen LogP contribution in [-0.2, 0) is 16.0 Å². The molecule has 170 valence electrons. The lowest BCUT2D eigenvalue weighted by Gasteiger charge is -2.44. The molecule has 4 rings (SSSR count). The number of dihydropyridines is 1. The van der Waals surface area contributed by atoms with Crippen LogP contribution in [0.15, 0.2) is 47.3 Å². The summed E-state index contributed by atoms with van der Waals surface area (Å²) in [7, 11) is 1.51. The zero-order valence-electron chi connectivity index (χ0n) is 19.7. The first-order chi connectivity index (χ1) is 15.0. The Kier molecular flexibility index (Phi) is 5.35. The van der Waals surface area contributed by atoms with E-state index in [1.807, 2.05) is 6.07 Å². The van der Waals surface area contributed by atoms with Gasteiger partial charge in [-0.25, -0.2) is 0 Å². The minimum Gasteiger partial charge on any atom is -0.504 e. The molecule has 0 saturated heterocycles. The van der Waals surface area contributed by atoms with Crippen molar-refractivity contribution < 1.29 is 19.4 Å². The lowest BCUT2D eigenvalue weighted by Crippen LogP contribution is -2.42. The van der Waals surface area contributed by atoms with Crippen molar-refractivity contribution in [1.82, 2.24) is 5.32 Å². The van der Waals surface area contributed by atoms with Gasteiger partial charge in [-0.1, -0.05) is 39.8 Å². The molecule has 2 N–H and O–H groups in total. The number of allylic oxidation sites excluding steroid dienone is 5.